The quantitative estimate of drug-likeness (QED) is 0.234. The number of carbonyl (C=O) groups is 2. The number of halogens is 3. The van der Waals surface area contributed by atoms with Crippen LogP contribution in [-0.4, -0.2) is 39.3 Å². The largest absolute Gasteiger partial charge is 0.462 e. The Morgan fingerprint density at radius 3 is 2.81 bits per heavy atom. The van der Waals surface area contributed by atoms with Crippen LogP contribution in [0.3, 0.4) is 0 Å². The van der Waals surface area contributed by atoms with Crippen molar-refractivity contribution in [3.05, 3.63) is 87.2 Å². The molecule has 4 rings (SSSR count). The second kappa shape index (κ2) is 11.0. The first-order valence-electron chi connectivity index (χ1n) is 11.4. The van der Waals surface area contributed by atoms with Gasteiger partial charge in [0.2, 0.25) is 0 Å². The van der Waals surface area contributed by atoms with Gasteiger partial charge in [0.05, 0.1) is 36.2 Å². The van der Waals surface area contributed by atoms with Crippen molar-refractivity contribution in [1.29, 1.82) is 0 Å². The summed E-state index contributed by atoms with van der Waals surface area (Å²) in [6, 6.07) is 6.69. The molecule has 0 N–H and O–H groups in total. The first kappa shape index (κ1) is 26.1. The molecule has 0 fully saturated rings. The number of ketones is 1. The Kier molecular flexibility index (Phi) is 7.74. The van der Waals surface area contributed by atoms with Crippen LogP contribution in [0.15, 0.2) is 59.8 Å². The van der Waals surface area contributed by atoms with Crippen LogP contribution in [0.2, 0.25) is 0 Å². The van der Waals surface area contributed by atoms with E-state index in [1.807, 2.05) is 0 Å². The molecule has 0 spiro atoms. The van der Waals surface area contributed by atoms with Crippen molar-refractivity contribution in [1.82, 2.24) is 14.8 Å². The molecular formula is C27H22F3N3O3S. The number of thiazole rings is 1. The Morgan fingerprint density at radius 2 is 2.08 bits per heavy atom. The summed E-state index contributed by atoms with van der Waals surface area (Å²) < 4.78 is 47.4. The topological polar surface area (TPSA) is 74.1 Å². The van der Waals surface area contributed by atoms with Crippen LogP contribution in [0.25, 0.3) is 5.57 Å². The minimum Gasteiger partial charge on any atom is -0.462 e. The number of allylic oxidation sites excluding steroid dienone is 4. The number of hydrogen-bond acceptors (Lipinski definition) is 6. The van der Waals surface area contributed by atoms with E-state index in [0.717, 1.165) is 12.2 Å². The summed E-state index contributed by atoms with van der Waals surface area (Å²) in [4.78, 5) is 28.0. The molecule has 1 atom stereocenters. The average molecular weight is 526 g/mol. The molecule has 1 aromatic carbocycles. The zero-order valence-corrected chi connectivity index (χ0v) is 20.8. The third-order valence-corrected chi connectivity index (χ3v) is 6.30. The number of rotatable bonds is 6. The highest BCUT2D eigenvalue weighted by Gasteiger charge is 2.35. The molecule has 0 saturated carbocycles. The number of carbonyl (C=O) groups excluding carboxylic acids is 2. The maximum atomic E-state index is 13.7. The number of alkyl halides is 3. The summed E-state index contributed by atoms with van der Waals surface area (Å²) in [6.45, 7) is 3.66. The summed E-state index contributed by atoms with van der Waals surface area (Å²) >= 11 is 1.29. The maximum Gasteiger partial charge on any atom is 0.416 e. The average Bonchev–Trinajstić information content (AvgIpc) is 3.53. The molecule has 10 heteroatoms. The number of nitrogens with zero attached hydrogens (tertiary/aromatic N) is 3. The minimum atomic E-state index is -4.53. The summed E-state index contributed by atoms with van der Waals surface area (Å²) in [5.74, 6) is 4.55. The third-order valence-electron chi connectivity index (χ3n) is 5.47. The summed E-state index contributed by atoms with van der Waals surface area (Å²) in [7, 11) is 0. The smallest absolute Gasteiger partial charge is 0.416 e. The lowest BCUT2D eigenvalue weighted by Gasteiger charge is -2.19. The number of ether oxygens (including phenoxy) is 1. The molecule has 0 aliphatic heterocycles. The third kappa shape index (κ3) is 6.62. The Hall–Kier alpha value is -3.97. The zero-order valence-electron chi connectivity index (χ0n) is 20.0. The molecule has 6 nitrogen and oxygen atoms in total. The van der Waals surface area contributed by atoms with Crippen LogP contribution < -0.4 is 0 Å². The van der Waals surface area contributed by atoms with Crippen LogP contribution in [-0.2, 0) is 11.3 Å². The van der Waals surface area contributed by atoms with Crippen LogP contribution >= 0.6 is 11.3 Å². The van der Waals surface area contributed by atoms with Gasteiger partial charge in [0.15, 0.2) is 5.78 Å². The Morgan fingerprint density at radius 1 is 1.27 bits per heavy atom. The van der Waals surface area contributed by atoms with Crippen LogP contribution in [0, 0.1) is 17.8 Å². The molecule has 0 bridgehead atoms. The molecule has 0 saturated heterocycles. The highest BCUT2D eigenvalue weighted by Crippen LogP contribution is 2.37. The van der Waals surface area contributed by atoms with Gasteiger partial charge in [-0.25, -0.2) is 9.78 Å². The van der Waals surface area contributed by atoms with E-state index >= 15 is 0 Å². The molecule has 0 radical (unpaired) electrons. The lowest BCUT2D eigenvalue weighted by atomic mass is 9.89. The van der Waals surface area contributed by atoms with Gasteiger partial charge in [-0.15, -0.1) is 11.3 Å². The van der Waals surface area contributed by atoms with E-state index in [1.165, 1.54) is 35.3 Å². The molecule has 0 amide bonds. The molecule has 2 aromatic heterocycles. The maximum absolute atomic E-state index is 13.7. The summed E-state index contributed by atoms with van der Waals surface area (Å²) in [5, 5.41) is 6.47. The van der Waals surface area contributed by atoms with Crippen molar-refractivity contribution < 1.29 is 27.5 Å². The number of esters is 1. The monoisotopic (exact) mass is 525 g/mol. The second-order valence-corrected chi connectivity index (χ2v) is 9.22. The molecule has 1 unspecified atom stereocenters. The van der Waals surface area contributed by atoms with E-state index in [4.69, 9.17) is 4.74 Å². The predicted octanol–water partition coefficient (Wildman–Crippen LogP) is 5.71. The van der Waals surface area contributed by atoms with Crippen molar-refractivity contribution in [3.8, 4) is 11.8 Å². The SMILES string of the molecule is CCOC(=O)c1cnn(Cc2nc(C3=CC(C(F)(F)F)=CC(C#Cc4cccc(C(C)=O)c4)C3)cs2)c1. The minimum absolute atomic E-state index is 0.114. The van der Waals surface area contributed by atoms with Crippen molar-refractivity contribution >= 4 is 28.7 Å². The van der Waals surface area contributed by atoms with Gasteiger partial charge in [0.25, 0.3) is 0 Å². The zero-order chi connectivity index (χ0) is 26.6. The molecule has 190 valence electrons. The molecule has 2 heterocycles. The Labute approximate surface area is 215 Å². The fourth-order valence-corrected chi connectivity index (χ4v) is 4.50. The highest BCUT2D eigenvalue weighted by atomic mass is 32.1. The number of hydrogen-bond donors (Lipinski definition) is 0. The lowest BCUT2D eigenvalue weighted by molar-refractivity contribution is -0.0887. The van der Waals surface area contributed by atoms with E-state index in [9.17, 15) is 22.8 Å². The van der Waals surface area contributed by atoms with E-state index in [0.29, 0.717) is 33.0 Å². The van der Waals surface area contributed by atoms with Crippen molar-refractivity contribution in [2.24, 2.45) is 5.92 Å². The number of aromatic nitrogens is 3. The summed E-state index contributed by atoms with van der Waals surface area (Å²) in [5.41, 5.74) is 1.46. The second-order valence-electron chi connectivity index (χ2n) is 8.28. The normalized spacial score (nSPS) is 15.3. The fraction of sp³-hybridized carbons (Fsp3) is 0.259. The molecule has 3 aromatic rings. The van der Waals surface area contributed by atoms with Gasteiger partial charge in [-0.2, -0.15) is 18.3 Å². The summed E-state index contributed by atoms with van der Waals surface area (Å²) in [6.07, 6.45) is 0.899. The fourth-order valence-electron chi connectivity index (χ4n) is 3.69. The molecule has 1 aliphatic carbocycles. The Bertz CT molecular complexity index is 1450. The van der Waals surface area contributed by atoms with E-state index in [-0.39, 0.29) is 25.4 Å². The van der Waals surface area contributed by atoms with E-state index < -0.39 is 23.6 Å². The highest BCUT2D eigenvalue weighted by molar-refractivity contribution is 7.09. The predicted molar refractivity (Wildman–Crippen MR) is 133 cm³/mol. The van der Waals surface area contributed by atoms with E-state index in [2.05, 4.69) is 21.9 Å². The van der Waals surface area contributed by atoms with Gasteiger partial charge in [-0.3, -0.25) is 9.48 Å². The van der Waals surface area contributed by atoms with Crippen LogP contribution in [0.4, 0.5) is 13.2 Å². The van der Waals surface area contributed by atoms with Crippen molar-refractivity contribution in [2.45, 2.75) is 33.0 Å². The van der Waals surface area contributed by atoms with Gasteiger partial charge in [0, 0.05) is 28.6 Å². The Balaban J connectivity index is 1.54. The molecular weight excluding hydrogens is 503 g/mol. The first-order valence-corrected chi connectivity index (χ1v) is 12.3. The van der Waals surface area contributed by atoms with Crippen molar-refractivity contribution in [2.75, 3.05) is 6.61 Å². The molecule has 1 aliphatic rings. The first-order chi connectivity index (χ1) is 17.6. The van der Waals surface area contributed by atoms with Gasteiger partial charge < -0.3 is 4.74 Å². The number of Topliss-reactive ketones (excluding diaryl/α,β-unsaturated/α-hetero) is 1. The lowest BCUT2D eigenvalue weighted by Crippen LogP contribution is -2.15. The van der Waals surface area contributed by atoms with E-state index in [1.54, 1.807) is 36.6 Å². The standard InChI is InChI=1S/C27H22F3N3O3S/c1-3-36-26(35)22-13-31-33(14-22)15-25-32-24(16-37-25)21-10-19(11-23(12-21)27(28,29)30)8-7-18-5-4-6-20(9-18)17(2)34/h4-6,9,11-14,16,19H,3,10,15H2,1-2H3. The van der Waals surface area contributed by atoms with Crippen LogP contribution in [0.1, 0.15) is 57.2 Å². The van der Waals surface area contributed by atoms with Gasteiger partial charge in [0.1, 0.15) is 5.01 Å². The van der Waals surface area contributed by atoms with Gasteiger partial charge in [-0.1, -0.05) is 30.0 Å². The molecule has 37 heavy (non-hydrogen) atoms. The number of benzene rings is 1. The van der Waals surface area contributed by atoms with Gasteiger partial charge in [-0.05, 0) is 44.1 Å². The van der Waals surface area contributed by atoms with Gasteiger partial charge >= 0.3 is 12.1 Å². The van der Waals surface area contributed by atoms with Crippen LogP contribution in [0.5, 0.6) is 0 Å². The van der Waals surface area contributed by atoms with Crippen molar-refractivity contribution in [3.63, 3.8) is 0 Å².